The number of hydrogen-bond donors (Lipinski definition) is 1. The van der Waals surface area contributed by atoms with E-state index in [1.165, 1.54) is 11.1 Å². The van der Waals surface area contributed by atoms with E-state index in [1.54, 1.807) is 0 Å². The molecule has 0 aliphatic carbocycles. The summed E-state index contributed by atoms with van der Waals surface area (Å²) in [6, 6.07) is 14.1. The molecular weight excluding hydrogens is 324 g/mol. The molecule has 2 aromatic carbocycles. The highest BCUT2D eigenvalue weighted by Crippen LogP contribution is 2.24. The highest BCUT2D eigenvalue weighted by Gasteiger charge is 2.18. The van der Waals surface area contributed by atoms with Gasteiger partial charge in [-0.2, -0.15) is 0 Å². The van der Waals surface area contributed by atoms with Gasteiger partial charge in [0.2, 0.25) is 0 Å². The van der Waals surface area contributed by atoms with Crippen molar-refractivity contribution in [3.05, 3.63) is 59.4 Å². The van der Waals surface area contributed by atoms with Crippen LogP contribution in [0.2, 0.25) is 0 Å². The van der Waals surface area contributed by atoms with E-state index in [9.17, 15) is 5.11 Å². The fraction of sp³-hybridized carbons (Fsp3) is 0.409. The van der Waals surface area contributed by atoms with Crippen LogP contribution >= 0.6 is 0 Å². The maximum Gasteiger partial charge on any atom is 0.119 e. The van der Waals surface area contributed by atoms with Gasteiger partial charge in [-0.05, 0) is 55.7 Å². The minimum Gasteiger partial charge on any atom is -0.491 e. The summed E-state index contributed by atoms with van der Waals surface area (Å²) in [6.45, 7) is 9.21. The summed E-state index contributed by atoms with van der Waals surface area (Å²) in [5, 5.41) is 10.6. The molecule has 3 aromatic rings. The Hall–Kier alpha value is -2.33. The molecule has 138 valence electrons. The summed E-state index contributed by atoms with van der Waals surface area (Å²) >= 11 is 0. The molecule has 0 fully saturated rings. The molecule has 0 aliphatic heterocycles. The summed E-state index contributed by atoms with van der Waals surface area (Å²) in [7, 11) is 0. The third kappa shape index (κ3) is 3.91. The molecule has 1 N–H and O–H groups in total. The smallest absolute Gasteiger partial charge is 0.119 e. The van der Waals surface area contributed by atoms with E-state index in [4.69, 9.17) is 9.72 Å². The lowest BCUT2D eigenvalue weighted by atomic mass is 10.1. The number of imidazole rings is 1. The van der Waals surface area contributed by atoms with E-state index in [-0.39, 0.29) is 6.61 Å². The standard InChI is InChI=1S/C22H28N2O2/c1-5-15(2)22-23-20-8-6-7-9-21(20)24(22)13-18(25)14-26-19-11-10-16(3)17(4)12-19/h6-12,15,18,25H,5,13-14H2,1-4H3. The largest absolute Gasteiger partial charge is 0.491 e. The number of benzene rings is 2. The molecule has 0 aliphatic rings. The van der Waals surface area contributed by atoms with E-state index < -0.39 is 6.10 Å². The van der Waals surface area contributed by atoms with E-state index in [1.807, 2.05) is 36.4 Å². The third-order valence-electron chi connectivity index (χ3n) is 5.05. The molecule has 0 bridgehead atoms. The Bertz CT molecular complexity index is 885. The predicted octanol–water partition coefficient (Wildman–Crippen LogP) is 4.61. The molecular formula is C22H28N2O2. The average Bonchev–Trinajstić information content (AvgIpc) is 3.00. The maximum absolute atomic E-state index is 10.6. The van der Waals surface area contributed by atoms with Gasteiger partial charge >= 0.3 is 0 Å². The molecule has 0 radical (unpaired) electrons. The minimum absolute atomic E-state index is 0.259. The van der Waals surface area contributed by atoms with Crippen molar-refractivity contribution in [2.75, 3.05) is 6.61 Å². The first kappa shape index (κ1) is 18.5. The fourth-order valence-corrected chi connectivity index (χ4v) is 3.10. The van der Waals surface area contributed by atoms with E-state index in [0.717, 1.165) is 29.0 Å². The third-order valence-corrected chi connectivity index (χ3v) is 5.05. The lowest BCUT2D eigenvalue weighted by Crippen LogP contribution is -2.25. The van der Waals surface area contributed by atoms with Crippen LogP contribution < -0.4 is 4.74 Å². The number of para-hydroxylation sites is 2. The van der Waals surface area contributed by atoms with Crippen molar-refractivity contribution in [1.82, 2.24) is 9.55 Å². The van der Waals surface area contributed by atoms with Crippen LogP contribution in [0.3, 0.4) is 0 Å². The molecule has 0 amide bonds. The lowest BCUT2D eigenvalue weighted by Gasteiger charge is -2.18. The second-order valence-corrected chi connectivity index (χ2v) is 7.09. The number of nitrogens with zero attached hydrogens (tertiary/aromatic N) is 2. The van der Waals surface area contributed by atoms with Gasteiger partial charge < -0.3 is 14.4 Å². The van der Waals surface area contributed by atoms with Crippen LogP contribution in [0.4, 0.5) is 0 Å². The first-order valence-electron chi connectivity index (χ1n) is 9.32. The van der Waals surface area contributed by atoms with Crippen LogP contribution in [0.15, 0.2) is 42.5 Å². The molecule has 1 aromatic heterocycles. The quantitative estimate of drug-likeness (QED) is 0.676. The molecule has 26 heavy (non-hydrogen) atoms. The predicted molar refractivity (Wildman–Crippen MR) is 106 cm³/mol. The summed E-state index contributed by atoms with van der Waals surface area (Å²) in [5.41, 5.74) is 4.47. The van der Waals surface area contributed by atoms with Crippen molar-refractivity contribution in [1.29, 1.82) is 0 Å². The van der Waals surface area contributed by atoms with Crippen LogP contribution in [0.25, 0.3) is 11.0 Å². The van der Waals surface area contributed by atoms with Crippen molar-refractivity contribution < 1.29 is 9.84 Å². The Kier molecular flexibility index (Phi) is 5.62. The SMILES string of the molecule is CCC(C)c1nc2ccccc2n1CC(O)COc1ccc(C)c(C)c1. The summed E-state index contributed by atoms with van der Waals surface area (Å²) in [6.07, 6.45) is 0.412. The van der Waals surface area contributed by atoms with Gasteiger partial charge in [-0.3, -0.25) is 0 Å². The summed E-state index contributed by atoms with van der Waals surface area (Å²) in [4.78, 5) is 4.79. The number of aryl methyl sites for hydroxylation is 2. The Morgan fingerprint density at radius 2 is 1.88 bits per heavy atom. The zero-order valence-electron chi connectivity index (χ0n) is 16.1. The monoisotopic (exact) mass is 352 g/mol. The first-order chi connectivity index (χ1) is 12.5. The Labute approximate surface area is 155 Å². The van der Waals surface area contributed by atoms with Crippen molar-refractivity contribution in [3.8, 4) is 5.75 Å². The number of aliphatic hydroxyl groups excluding tert-OH is 1. The van der Waals surface area contributed by atoms with Crippen molar-refractivity contribution >= 4 is 11.0 Å². The van der Waals surface area contributed by atoms with Gasteiger partial charge in [0.15, 0.2) is 0 Å². The summed E-state index contributed by atoms with van der Waals surface area (Å²) < 4.78 is 7.94. The van der Waals surface area contributed by atoms with Crippen LogP contribution in [0.1, 0.15) is 43.1 Å². The van der Waals surface area contributed by atoms with Crippen LogP contribution in [-0.4, -0.2) is 27.4 Å². The van der Waals surface area contributed by atoms with E-state index >= 15 is 0 Å². The molecule has 2 unspecified atom stereocenters. The second-order valence-electron chi connectivity index (χ2n) is 7.09. The molecule has 2 atom stereocenters. The number of fused-ring (bicyclic) bond motifs is 1. The zero-order valence-corrected chi connectivity index (χ0v) is 16.1. The number of rotatable bonds is 7. The highest BCUT2D eigenvalue weighted by molar-refractivity contribution is 5.76. The van der Waals surface area contributed by atoms with Gasteiger partial charge in [0.1, 0.15) is 24.3 Å². The van der Waals surface area contributed by atoms with Crippen LogP contribution in [0, 0.1) is 13.8 Å². The van der Waals surface area contributed by atoms with Gasteiger partial charge in [-0.15, -0.1) is 0 Å². The number of aliphatic hydroxyl groups is 1. The van der Waals surface area contributed by atoms with Crippen molar-refractivity contribution in [3.63, 3.8) is 0 Å². The molecule has 0 saturated heterocycles. The molecule has 0 saturated carbocycles. The highest BCUT2D eigenvalue weighted by atomic mass is 16.5. The normalized spacial score (nSPS) is 13.7. The van der Waals surface area contributed by atoms with Gasteiger partial charge in [0.05, 0.1) is 17.6 Å². The van der Waals surface area contributed by atoms with Gasteiger partial charge in [-0.25, -0.2) is 4.98 Å². The zero-order chi connectivity index (χ0) is 18.7. The number of hydrogen-bond acceptors (Lipinski definition) is 3. The molecule has 1 heterocycles. The topological polar surface area (TPSA) is 47.3 Å². The van der Waals surface area contributed by atoms with Gasteiger partial charge in [0.25, 0.3) is 0 Å². The number of aromatic nitrogens is 2. The van der Waals surface area contributed by atoms with Gasteiger partial charge in [-0.1, -0.05) is 32.0 Å². The van der Waals surface area contributed by atoms with Crippen LogP contribution in [0.5, 0.6) is 5.75 Å². The average molecular weight is 352 g/mol. The van der Waals surface area contributed by atoms with Crippen molar-refractivity contribution in [2.24, 2.45) is 0 Å². The molecule has 4 heteroatoms. The fourth-order valence-electron chi connectivity index (χ4n) is 3.10. The van der Waals surface area contributed by atoms with Crippen molar-refractivity contribution in [2.45, 2.75) is 52.7 Å². The van der Waals surface area contributed by atoms with E-state index in [2.05, 4.69) is 38.3 Å². The Morgan fingerprint density at radius 3 is 2.62 bits per heavy atom. The van der Waals surface area contributed by atoms with E-state index in [0.29, 0.717) is 12.5 Å². The summed E-state index contributed by atoms with van der Waals surface area (Å²) in [5.74, 6) is 2.17. The first-order valence-corrected chi connectivity index (χ1v) is 9.32. The lowest BCUT2D eigenvalue weighted by molar-refractivity contribution is 0.0924. The second kappa shape index (κ2) is 7.92. The van der Waals surface area contributed by atoms with Crippen LogP contribution in [-0.2, 0) is 6.54 Å². The molecule has 4 nitrogen and oxygen atoms in total. The number of ether oxygens (including phenoxy) is 1. The maximum atomic E-state index is 10.6. The molecule has 3 rings (SSSR count). The van der Waals surface area contributed by atoms with Gasteiger partial charge in [0, 0.05) is 5.92 Å². The molecule has 0 spiro atoms. The Morgan fingerprint density at radius 1 is 1.12 bits per heavy atom. The Balaban J connectivity index is 1.75. The minimum atomic E-state index is -0.600.